The zero-order valence-electron chi connectivity index (χ0n) is 43.2. The molecule has 0 amide bonds. The maximum atomic E-state index is 12.8. The van der Waals surface area contributed by atoms with Gasteiger partial charge < -0.3 is 14.2 Å². The summed E-state index contributed by atoms with van der Waals surface area (Å²) in [6, 6.07) is 0. The molecule has 0 heterocycles. The van der Waals surface area contributed by atoms with E-state index in [0.717, 1.165) is 69.6 Å². The van der Waals surface area contributed by atoms with Crippen LogP contribution < -0.4 is 0 Å². The molecular weight excluding hydrogens is 781 g/mol. The number of hydrogen-bond donors (Lipinski definition) is 0. The molecule has 0 bridgehead atoms. The zero-order valence-corrected chi connectivity index (χ0v) is 43.2. The molecule has 6 heteroatoms. The fourth-order valence-electron chi connectivity index (χ4n) is 8.70. The lowest BCUT2D eigenvalue weighted by Gasteiger charge is -2.18. The molecule has 0 fully saturated rings. The molecule has 0 spiro atoms. The van der Waals surface area contributed by atoms with Crippen molar-refractivity contribution < 1.29 is 28.6 Å². The Hall–Kier alpha value is -1.59. The summed E-state index contributed by atoms with van der Waals surface area (Å²) in [4.78, 5) is 38.1. The van der Waals surface area contributed by atoms with Crippen LogP contribution in [0.3, 0.4) is 0 Å². The summed E-state index contributed by atoms with van der Waals surface area (Å²) in [5, 5.41) is 0. The quantitative estimate of drug-likeness (QED) is 0.0344. The maximum Gasteiger partial charge on any atom is 0.306 e. The molecule has 0 radical (unpaired) electrons. The smallest absolute Gasteiger partial charge is 0.306 e. The second kappa shape index (κ2) is 49.8. The summed E-state index contributed by atoms with van der Waals surface area (Å²) in [5.41, 5.74) is 0. The third-order valence-electron chi connectivity index (χ3n) is 13.0. The van der Waals surface area contributed by atoms with Crippen molar-refractivity contribution in [2.45, 2.75) is 323 Å². The first-order valence-corrected chi connectivity index (χ1v) is 28.2. The second-order valence-corrected chi connectivity index (χ2v) is 20.5. The fourth-order valence-corrected chi connectivity index (χ4v) is 8.70. The molecule has 0 aliphatic heterocycles. The Labute approximate surface area is 393 Å². The first kappa shape index (κ1) is 61.4. The molecule has 0 N–H and O–H groups in total. The van der Waals surface area contributed by atoms with Gasteiger partial charge in [0.2, 0.25) is 0 Å². The minimum Gasteiger partial charge on any atom is -0.462 e. The van der Waals surface area contributed by atoms with E-state index < -0.39 is 6.10 Å². The fraction of sp³-hybridized carbons (Fsp3) is 0.947. The van der Waals surface area contributed by atoms with E-state index in [1.165, 1.54) is 205 Å². The molecule has 0 aromatic heterocycles. The van der Waals surface area contributed by atoms with Gasteiger partial charge in [-0.25, -0.2) is 0 Å². The third-order valence-corrected chi connectivity index (χ3v) is 13.0. The molecule has 1 atom stereocenters. The van der Waals surface area contributed by atoms with Crippen molar-refractivity contribution in [1.82, 2.24) is 0 Å². The molecule has 374 valence electrons. The molecule has 0 unspecified atom stereocenters. The Bertz CT molecular complexity index is 962. The minimum absolute atomic E-state index is 0.0633. The van der Waals surface area contributed by atoms with Gasteiger partial charge in [-0.05, 0) is 31.1 Å². The summed E-state index contributed by atoms with van der Waals surface area (Å²) in [7, 11) is 0. The van der Waals surface area contributed by atoms with Crippen LogP contribution in [0.15, 0.2) is 0 Å². The SMILES string of the molecule is CCCCCCCCCCCCCCCCCCCCC(=O)OC[C@H](COC(=O)CCCCCCCCCCCCCCC(C)C)OC(=O)CCCCCCCCCCCC(C)C. The molecule has 63 heavy (non-hydrogen) atoms. The van der Waals surface area contributed by atoms with E-state index in [-0.39, 0.29) is 31.1 Å². The van der Waals surface area contributed by atoms with Crippen molar-refractivity contribution in [2.24, 2.45) is 11.8 Å². The van der Waals surface area contributed by atoms with Gasteiger partial charge in [-0.3, -0.25) is 14.4 Å². The van der Waals surface area contributed by atoms with Crippen LogP contribution in [-0.4, -0.2) is 37.2 Å². The molecule has 0 aliphatic rings. The van der Waals surface area contributed by atoms with Crippen LogP contribution in [0.1, 0.15) is 317 Å². The normalized spacial score (nSPS) is 12.0. The molecule has 0 saturated heterocycles. The van der Waals surface area contributed by atoms with Gasteiger partial charge in [0.25, 0.3) is 0 Å². The van der Waals surface area contributed by atoms with Crippen molar-refractivity contribution in [3.63, 3.8) is 0 Å². The summed E-state index contributed by atoms with van der Waals surface area (Å²) in [6.45, 7) is 11.4. The van der Waals surface area contributed by atoms with Gasteiger partial charge in [0.15, 0.2) is 6.10 Å². The number of hydrogen-bond acceptors (Lipinski definition) is 6. The molecule has 6 nitrogen and oxygen atoms in total. The summed E-state index contributed by atoms with van der Waals surface area (Å²) in [5.74, 6) is 0.796. The number of carbonyl (C=O) groups is 3. The van der Waals surface area contributed by atoms with Crippen LogP contribution in [0.25, 0.3) is 0 Å². The predicted octanol–water partition coefficient (Wildman–Crippen LogP) is 18.5. The van der Waals surface area contributed by atoms with Crippen molar-refractivity contribution in [3.8, 4) is 0 Å². The van der Waals surface area contributed by atoms with E-state index in [2.05, 4.69) is 34.6 Å². The minimum atomic E-state index is -0.763. The monoisotopic (exact) mass is 891 g/mol. The predicted molar refractivity (Wildman–Crippen MR) is 270 cm³/mol. The van der Waals surface area contributed by atoms with E-state index >= 15 is 0 Å². The summed E-state index contributed by atoms with van der Waals surface area (Å²) < 4.78 is 16.9. The van der Waals surface area contributed by atoms with Gasteiger partial charge in [-0.15, -0.1) is 0 Å². The standard InChI is InChI=1S/C57H110O6/c1-6-7-8-9-10-11-12-13-14-15-16-17-18-22-27-32-37-42-47-55(58)61-50-54(63-57(60)49-44-39-34-29-24-26-31-36-41-46-53(4)5)51-62-56(59)48-43-38-33-28-23-20-19-21-25-30-35-40-45-52(2)3/h52-54H,6-51H2,1-5H3/t54-/m1/s1. The second-order valence-electron chi connectivity index (χ2n) is 20.5. The van der Waals surface area contributed by atoms with Gasteiger partial charge in [0.05, 0.1) is 0 Å². The molecule has 0 saturated carbocycles. The highest BCUT2D eigenvalue weighted by atomic mass is 16.6. The highest BCUT2D eigenvalue weighted by Crippen LogP contribution is 2.18. The number of rotatable bonds is 51. The van der Waals surface area contributed by atoms with Crippen molar-refractivity contribution >= 4 is 17.9 Å². The highest BCUT2D eigenvalue weighted by Gasteiger charge is 2.19. The van der Waals surface area contributed by atoms with Crippen LogP contribution in [0.5, 0.6) is 0 Å². The van der Waals surface area contributed by atoms with Gasteiger partial charge in [-0.2, -0.15) is 0 Å². The van der Waals surface area contributed by atoms with Crippen molar-refractivity contribution in [1.29, 1.82) is 0 Å². The molecule has 0 rings (SSSR count). The van der Waals surface area contributed by atoms with E-state index in [4.69, 9.17) is 14.2 Å². The van der Waals surface area contributed by atoms with Gasteiger partial charge in [0, 0.05) is 19.3 Å². The van der Waals surface area contributed by atoms with Crippen LogP contribution in [0, 0.1) is 11.8 Å². The summed E-state index contributed by atoms with van der Waals surface area (Å²) >= 11 is 0. The van der Waals surface area contributed by atoms with Crippen LogP contribution in [0.4, 0.5) is 0 Å². The van der Waals surface area contributed by atoms with Gasteiger partial charge >= 0.3 is 17.9 Å². The average molecular weight is 892 g/mol. The Morgan fingerprint density at radius 3 is 0.778 bits per heavy atom. The lowest BCUT2D eigenvalue weighted by molar-refractivity contribution is -0.167. The van der Waals surface area contributed by atoms with Crippen molar-refractivity contribution in [2.75, 3.05) is 13.2 Å². The third kappa shape index (κ3) is 51.3. The van der Waals surface area contributed by atoms with Crippen molar-refractivity contribution in [3.05, 3.63) is 0 Å². The Balaban J connectivity index is 4.27. The number of unbranched alkanes of at least 4 members (excludes halogenated alkanes) is 36. The number of esters is 3. The first-order valence-electron chi connectivity index (χ1n) is 28.2. The van der Waals surface area contributed by atoms with E-state index in [0.29, 0.717) is 19.3 Å². The number of ether oxygens (including phenoxy) is 3. The van der Waals surface area contributed by atoms with Crippen LogP contribution in [-0.2, 0) is 28.6 Å². The molecular formula is C57H110O6. The van der Waals surface area contributed by atoms with Crippen LogP contribution in [0.2, 0.25) is 0 Å². The Morgan fingerprint density at radius 2 is 0.524 bits per heavy atom. The Morgan fingerprint density at radius 1 is 0.302 bits per heavy atom. The average Bonchev–Trinajstić information content (AvgIpc) is 3.25. The maximum absolute atomic E-state index is 12.8. The van der Waals surface area contributed by atoms with E-state index in [1.54, 1.807) is 0 Å². The largest absolute Gasteiger partial charge is 0.462 e. The Kier molecular flexibility index (Phi) is 48.6. The lowest BCUT2D eigenvalue weighted by atomic mass is 10.0. The van der Waals surface area contributed by atoms with E-state index in [9.17, 15) is 14.4 Å². The molecule has 0 aromatic rings. The lowest BCUT2D eigenvalue weighted by Crippen LogP contribution is -2.30. The zero-order chi connectivity index (χ0) is 46.1. The first-order chi connectivity index (χ1) is 30.7. The number of carbonyl (C=O) groups excluding carboxylic acids is 3. The molecule has 0 aliphatic carbocycles. The van der Waals surface area contributed by atoms with E-state index in [1.807, 2.05) is 0 Å². The van der Waals surface area contributed by atoms with Gasteiger partial charge in [-0.1, -0.05) is 279 Å². The summed E-state index contributed by atoms with van der Waals surface area (Å²) in [6.07, 6.45) is 52.4. The van der Waals surface area contributed by atoms with Gasteiger partial charge in [0.1, 0.15) is 13.2 Å². The molecule has 0 aromatic carbocycles. The van der Waals surface area contributed by atoms with Crippen LogP contribution >= 0.6 is 0 Å². The topological polar surface area (TPSA) is 78.9 Å². The highest BCUT2D eigenvalue weighted by molar-refractivity contribution is 5.71.